The maximum absolute atomic E-state index is 13.4. The van der Waals surface area contributed by atoms with Crippen LogP contribution in [0.15, 0.2) is 42.5 Å². The number of nitriles is 1. The van der Waals surface area contributed by atoms with Gasteiger partial charge in [-0.15, -0.1) is 0 Å². The first-order valence-corrected chi connectivity index (χ1v) is 8.81. The van der Waals surface area contributed by atoms with Gasteiger partial charge in [-0.25, -0.2) is 4.39 Å². The Bertz CT molecular complexity index is 1170. The molecule has 3 aromatic rings. The van der Waals surface area contributed by atoms with Gasteiger partial charge in [0.1, 0.15) is 22.9 Å². The van der Waals surface area contributed by atoms with Crippen molar-refractivity contribution in [3.63, 3.8) is 0 Å². The standard InChI is InChI=1S/C22H18FN3O2/c1-27-20-9-14-7-8-26-19(17(14)11-21(20)28-2)10-16(18(12-24)22(26)25)13-3-5-15(23)6-4-13/h3-6,9-11,25H,7-8H2,1-2H3. The van der Waals surface area contributed by atoms with Crippen molar-refractivity contribution in [2.45, 2.75) is 13.0 Å². The summed E-state index contributed by atoms with van der Waals surface area (Å²) in [5, 5.41) is 18.3. The summed E-state index contributed by atoms with van der Waals surface area (Å²) < 4.78 is 26.0. The van der Waals surface area contributed by atoms with Crippen molar-refractivity contribution in [1.29, 1.82) is 10.7 Å². The van der Waals surface area contributed by atoms with Gasteiger partial charge in [0, 0.05) is 17.7 Å². The lowest BCUT2D eigenvalue weighted by molar-refractivity contribution is 0.354. The van der Waals surface area contributed by atoms with Crippen molar-refractivity contribution in [2.75, 3.05) is 14.2 Å². The smallest absolute Gasteiger partial charge is 0.161 e. The van der Waals surface area contributed by atoms with Gasteiger partial charge in [-0.05, 0) is 47.9 Å². The quantitative estimate of drug-likeness (QED) is 0.755. The van der Waals surface area contributed by atoms with Crippen LogP contribution in [0.5, 0.6) is 11.5 Å². The number of pyridine rings is 1. The second kappa shape index (κ2) is 6.86. The first kappa shape index (κ1) is 17.8. The number of fused-ring (bicyclic) bond motifs is 3. The van der Waals surface area contributed by atoms with Gasteiger partial charge >= 0.3 is 0 Å². The highest BCUT2D eigenvalue weighted by Crippen LogP contribution is 2.39. The lowest BCUT2D eigenvalue weighted by Gasteiger charge is -2.25. The van der Waals surface area contributed by atoms with Crippen molar-refractivity contribution in [3.8, 4) is 40.0 Å². The molecule has 6 heteroatoms. The average molecular weight is 375 g/mol. The van der Waals surface area contributed by atoms with Crippen LogP contribution in [-0.4, -0.2) is 18.8 Å². The number of rotatable bonds is 3. The molecule has 2 aromatic carbocycles. The molecule has 1 aromatic heterocycles. The monoisotopic (exact) mass is 375 g/mol. The van der Waals surface area contributed by atoms with Gasteiger partial charge in [-0.1, -0.05) is 12.1 Å². The molecule has 0 saturated carbocycles. The first-order chi connectivity index (χ1) is 13.6. The Kier molecular flexibility index (Phi) is 4.36. The number of benzene rings is 2. The molecule has 1 aliphatic rings. The first-order valence-electron chi connectivity index (χ1n) is 8.81. The van der Waals surface area contributed by atoms with E-state index in [0.29, 0.717) is 29.2 Å². The van der Waals surface area contributed by atoms with Gasteiger partial charge in [0.05, 0.1) is 19.9 Å². The predicted octanol–water partition coefficient (Wildman–Crippen LogP) is 3.89. The van der Waals surface area contributed by atoms with Crippen molar-refractivity contribution < 1.29 is 13.9 Å². The van der Waals surface area contributed by atoms with Crippen LogP contribution in [0, 0.1) is 22.6 Å². The van der Waals surface area contributed by atoms with E-state index in [9.17, 15) is 9.65 Å². The number of hydrogen-bond donors (Lipinski definition) is 1. The minimum absolute atomic E-state index is 0.153. The van der Waals surface area contributed by atoms with Crippen molar-refractivity contribution in [2.24, 2.45) is 0 Å². The molecule has 0 amide bonds. The van der Waals surface area contributed by atoms with Crippen molar-refractivity contribution in [3.05, 3.63) is 64.9 Å². The van der Waals surface area contributed by atoms with E-state index in [4.69, 9.17) is 14.9 Å². The van der Waals surface area contributed by atoms with Crippen LogP contribution >= 0.6 is 0 Å². The van der Waals surface area contributed by atoms with Gasteiger partial charge in [0.15, 0.2) is 11.5 Å². The highest BCUT2D eigenvalue weighted by Gasteiger charge is 2.23. The van der Waals surface area contributed by atoms with Crippen LogP contribution in [0.2, 0.25) is 0 Å². The third-order valence-electron chi connectivity index (χ3n) is 5.11. The Labute approximate surface area is 161 Å². The normalized spacial score (nSPS) is 11.9. The summed E-state index contributed by atoms with van der Waals surface area (Å²) in [6.45, 7) is 0.592. The van der Waals surface area contributed by atoms with E-state index in [2.05, 4.69) is 6.07 Å². The lowest BCUT2D eigenvalue weighted by Crippen LogP contribution is -2.28. The Morgan fingerprint density at radius 2 is 1.71 bits per heavy atom. The molecule has 1 N–H and O–H groups in total. The van der Waals surface area contributed by atoms with Crippen molar-refractivity contribution >= 4 is 0 Å². The number of aryl methyl sites for hydroxylation is 1. The Morgan fingerprint density at radius 1 is 1.04 bits per heavy atom. The molecule has 0 atom stereocenters. The maximum Gasteiger partial charge on any atom is 0.161 e. The summed E-state index contributed by atoms with van der Waals surface area (Å²) in [6.07, 6.45) is 0.722. The topological polar surface area (TPSA) is 71.0 Å². The van der Waals surface area contributed by atoms with Crippen LogP contribution in [0.4, 0.5) is 4.39 Å². The molecule has 5 nitrogen and oxygen atoms in total. The van der Waals surface area contributed by atoms with E-state index >= 15 is 0 Å². The van der Waals surface area contributed by atoms with Crippen LogP contribution in [0.3, 0.4) is 0 Å². The second-order valence-electron chi connectivity index (χ2n) is 6.55. The minimum Gasteiger partial charge on any atom is -0.493 e. The van der Waals surface area contributed by atoms with E-state index in [-0.39, 0.29) is 16.9 Å². The SMILES string of the molecule is COc1cc2c(cc1OC)-c1cc(-c3ccc(F)cc3)c(C#N)c(=N)n1CC2. The number of ether oxygens (including phenoxy) is 2. The zero-order valence-electron chi connectivity index (χ0n) is 15.5. The molecular weight excluding hydrogens is 357 g/mol. The number of hydrogen-bond acceptors (Lipinski definition) is 4. The molecular formula is C22H18FN3O2. The third kappa shape index (κ3) is 2.72. The summed E-state index contributed by atoms with van der Waals surface area (Å²) >= 11 is 0. The number of methoxy groups -OCH3 is 2. The highest BCUT2D eigenvalue weighted by atomic mass is 19.1. The second-order valence-corrected chi connectivity index (χ2v) is 6.55. The molecule has 0 aliphatic carbocycles. The number of nitrogens with one attached hydrogen (secondary N) is 1. The molecule has 28 heavy (non-hydrogen) atoms. The zero-order valence-corrected chi connectivity index (χ0v) is 15.5. The third-order valence-corrected chi connectivity index (χ3v) is 5.11. The molecule has 0 saturated heterocycles. The summed E-state index contributed by atoms with van der Waals surface area (Å²) in [7, 11) is 3.18. The molecule has 0 unspecified atom stereocenters. The van der Waals surface area contributed by atoms with E-state index < -0.39 is 0 Å². The van der Waals surface area contributed by atoms with Gasteiger partial charge < -0.3 is 14.0 Å². The van der Waals surface area contributed by atoms with Crippen molar-refractivity contribution in [1.82, 2.24) is 4.57 Å². The fourth-order valence-electron chi connectivity index (χ4n) is 3.69. The predicted molar refractivity (Wildman–Crippen MR) is 103 cm³/mol. The van der Waals surface area contributed by atoms with Gasteiger partial charge in [-0.2, -0.15) is 5.26 Å². The molecule has 0 spiro atoms. The van der Waals surface area contributed by atoms with Crippen LogP contribution in [0.25, 0.3) is 22.4 Å². The number of aromatic nitrogens is 1. The van der Waals surface area contributed by atoms with Gasteiger partial charge in [-0.3, -0.25) is 5.41 Å². The lowest BCUT2D eigenvalue weighted by atomic mass is 9.92. The fraction of sp³-hybridized carbons (Fsp3) is 0.182. The Balaban J connectivity index is 2.01. The maximum atomic E-state index is 13.4. The molecule has 0 radical (unpaired) electrons. The number of halogens is 1. The van der Waals surface area contributed by atoms with E-state index in [0.717, 1.165) is 23.2 Å². The molecule has 0 fully saturated rings. The van der Waals surface area contributed by atoms with E-state index in [1.54, 1.807) is 26.4 Å². The van der Waals surface area contributed by atoms with Crippen LogP contribution in [0.1, 0.15) is 11.1 Å². The summed E-state index contributed by atoms with van der Waals surface area (Å²) in [5.74, 6) is 0.921. The highest BCUT2D eigenvalue weighted by molar-refractivity contribution is 5.78. The molecule has 2 heterocycles. The Hall–Kier alpha value is -3.59. The molecule has 0 bridgehead atoms. The summed E-state index contributed by atoms with van der Waals surface area (Å²) in [6, 6.07) is 13.9. The average Bonchev–Trinajstić information content (AvgIpc) is 2.72. The summed E-state index contributed by atoms with van der Waals surface area (Å²) in [4.78, 5) is 0. The minimum atomic E-state index is -0.345. The summed E-state index contributed by atoms with van der Waals surface area (Å²) in [5.41, 5.74) is 4.59. The molecule has 4 rings (SSSR count). The van der Waals surface area contributed by atoms with Crippen LogP contribution < -0.4 is 15.0 Å². The van der Waals surface area contributed by atoms with Gasteiger partial charge in [0.25, 0.3) is 0 Å². The molecule has 1 aliphatic heterocycles. The zero-order chi connectivity index (χ0) is 19.8. The van der Waals surface area contributed by atoms with E-state index in [1.165, 1.54) is 12.1 Å². The fourth-order valence-corrected chi connectivity index (χ4v) is 3.69. The van der Waals surface area contributed by atoms with Gasteiger partial charge in [0.2, 0.25) is 0 Å². The van der Waals surface area contributed by atoms with Crippen LogP contribution in [-0.2, 0) is 13.0 Å². The van der Waals surface area contributed by atoms with E-state index in [1.807, 2.05) is 22.8 Å². The Morgan fingerprint density at radius 3 is 2.36 bits per heavy atom. The largest absolute Gasteiger partial charge is 0.493 e. The molecule has 140 valence electrons. The number of nitrogens with zero attached hydrogens (tertiary/aromatic N) is 2.